The van der Waals surface area contributed by atoms with Gasteiger partial charge in [-0.3, -0.25) is 0 Å². The fraction of sp³-hybridized carbons (Fsp3) is 0.571. The van der Waals surface area contributed by atoms with E-state index in [1.165, 1.54) is 0 Å². The lowest BCUT2D eigenvalue weighted by Gasteiger charge is -2.33. The summed E-state index contributed by atoms with van der Waals surface area (Å²) in [6.07, 6.45) is 1.52. The van der Waals surface area contributed by atoms with Crippen molar-refractivity contribution < 1.29 is 14.6 Å². The van der Waals surface area contributed by atoms with Gasteiger partial charge in [-0.15, -0.1) is 0 Å². The Morgan fingerprint density at radius 2 is 2.00 bits per heavy atom. The maximum atomic E-state index is 10.4. The van der Waals surface area contributed by atoms with Crippen molar-refractivity contribution in [3.63, 3.8) is 0 Å². The Balaban J connectivity index is 2.02. The molecule has 0 atom stereocenters. The molecule has 0 aliphatic carbocycles. The molecule has 5 nitrogen and oxygen atoms in total. The predicted octanol–water partition coefficient (Wildman–Crippen LogP) is 1.23. The summed E-state index contributed by atoms with van der Waals surface area (Å²) < 4.78 is 10.5. The minimum absolute atomic E-state index is 0.525. The van der Waals surface area contributed by atoms with Gasteiger partial charge in [0.2, 0.25) is 0 Å². The molecule has 3 N–H and O–H groups in total. The zero-order chi connectivity index (χ0) is 13.7. The summed E-state index contributed by atoms with van der Waals surface area (Å²) in [7, 11) is 3.25. The van der Waals surface area contributed by atoms with Crippen LogP contribution in [0.3, 0.4) is 0 Å². The first-order valence-electron chi connectivity index (χ1n) is 6.56. The first-order chi connectivity index (χ1) is 9.17. The van der Waals surface area contributed by atoms with E-state index < -0.39 is 5.60 Å². The molecule has 0 saturated carbocycles. The summed E-state index contributed by atoms with van der Waals surface area (Å²) in [4.78, 5) is 0. The van der Waals surface area contributed by atoms with Crippen LogP contribution in [0.25, 0.3) is 0 Å². The first kappa shape index (κ1) is 14.0. The molecule has 1 fully saturated rings. The Morgan fingerprint density at radius 1 is 1.26 bits per heavy atom. The van der Waals surface area contributed by atoms with Gasteiger partial charge >= 0.3 is 0 Å². The summed E-state index contributed by atoms with van der Waals surface area (Å²) in [5.41, 5.74) is 0.228. The van der Waals surface area contributed by atoms with E-state index >= 15 is 0 Å². The van der Waals surface area contributed by atoms with E-state index in [2.05, 4.69) is 10.6 Å². The molecule has 1 heterocycles. The number of nitrogens with one attached hydrogen (secondary N) is 2. The van der Waals surface area contributed by atoms with E-state index in [0.29, 0.717) is 6.54 Å². The van der Waals surface area contributed by atoms with E-state index in [-0.39, 0.29) is 0 Å². The lowest BCUT2D eigenvalue weighted by molar-refractivity contribution is 0.0232. The molecular weight excluding hydrogens is 244 g/mol. The van der Waals surface area contributed by atoms with Gasteiger partial charge in [0.1, 0.15) is 11.5 Å². The van der Waals surface area contributed by atoms with Crippen LogP contribution >= 0.6 is 0 Å². The Hall–Kier alpha value is -1.46. The van der Waals surface area contributed by atoms with E-state index in [9.17, 15) is 5.11 Å². The minimum atomic E-state index is -0.643. The van der Waals surface area contributed by atoms with Crippen LogP contribution in [-0.4, -0.2) is 44.6 Å². The molecule has 1 aromatic rings. The summed E-state index contributed by atoms with van der Waals surface area (Å²) in [6, 6.07) is 5.61. The monoisotopic (exact) mass is 266 g/mol. The highest BCUT2D eigenvalue weighted by atomic mass is 16.5. The van der Waals surface area contributed by atoms with Crippen LogP contribution in [0.4, 0.5) is 5.69 Å². The van der Waals surface area contributed by atoms with Crippen LogP contribution < -0.4 is 20.1 Å². The highest BCUT2D eigenvalue weighted by Crippen LogP contribution is 2.30. The highest BCUT2D eigenvalue weighted by Gasteiger charge is 2.28. The third-order valence-electron chi connectivity index (χ3n) is 3.55. The molecule has 0 aromatic heterocycles. The fourth-order valence-corrected chi connectivity index (χ4v) is 2.27. The molecule has 0 bridgehead atoms. The van der Waals surface area contributed by atoms with Gasteiger partial charge in [-0.25, -0.2) is 0 Å². The van der Waals surface area contributed by atoms with E-state index in [1.807, 2.05) is 18.2 Å². The molecule has 0 unspecified atom stereocenters. The fourth-order valence-electron chi connectivity index (χ4n) is 2.27. The zero-order valence-electron chi connectivity index (χ0n) is 11.5. The molecule has 0 spiro atoms. The number of anilines is 1. The quantitative estimate of drug-likeness (QED) is 0.748. The van der Waals surface area contributed by atoms with Crippen molar-refractivity contribution in [2.75, 3.05) is 39.2 Å². The van der Waals surface area contributed by atoms with Crippen molar-refractivity contribution in [3.05, 3.63) is 18.2 Å². The third kappa shape index (κ3) is 3.52. The van der Waals surface area contributed by atoms with E-state index in [4.69, 9.17) is 9.47 Å². The van der Waals surface area contributed by atoms with Crippen LogP contribution in [0, 0.1) is 0 Å². The number of methoxy groups -OCH3 is 2. The van der Waals surface area contributed by atoms with Crippen LogP contribution in [0.5, 0.6) is 11.5 Å². The van der Waals surface area contributed by atoms with Crippen LogP contribution in [-0.2, 0) is 0 Å². The Labute approximate surface area is 113 Å². The van der Waals surface area contributed by atoms with Crippen molar-refractivity contribution in [1.29, 1.82) is 0 Å². The molecule has 1 saturated heterocycles. The van der Waals surface area contributed by atoms with E-state index in [0.717, 1.165) is 43.1 Å². The maximum absolute atomic E-state index is 10.4. The number of hydrogen-bond acceptors (Lipinski definition) is 5. The second kappa shape index (κ2) is 6.12. The van der Waals surface area contributed by atoms with Gasteiger partial charge in [0, 0.05) is 12.6 Å². The van der Waals surface area contributed by atoms with Gasteiger partial charge in [-0.2, -0.15) is 0 Å². The molecule has 106 valence electrons. The Kier molecular flexibility index (Phi) is 4.50. The number of benzene rings is 1. The van der Waals surface area contributed by atoms with Crippen LogP contribution in [0.1, 0.15) is 12.8 Å². The van der Waals surface area contributed by atoms with Gasteiger partial charge in [-0.05, 0) is 38.1 Å². The molecule has 1 aliphatic rings. The van der Waals surface area contributed by atoms with E-state index in [1.54, 1.807) is 14.2 Å². The normalized spacial score (nSPS) is 17.8. The maximum Gasteiger partial charge on any atom is 0.145 e. The van der Waals surface area contributed by atoms with Crippen molar-refractivity contribution in [3.8, 4) is 11.5 Å². The summed E-state index contributed by atoms with van der Waals surface area (Å²) >= 11 is 0. The standard InChI is InChI=1S/C14H22N2O3/c1-18-11-3-4-12(13(9-11)19-2)16-10-14(17)5-7-15-8-6-14/h3-4,9,15-17H,5-8,10H2,1-2H3. The van der Waals surface area contributed by atoms with Crippen molar-refractivity contribution in [1.82, 2.24) is 5.32 Å². The average molecular weight is 266 g/mol. The molecule has 5 heteroatoms. The zero-order valence-corrected chi connectivity index (χ0v) is 11.5. The second-order valence-electron chi connectivity index (χ2n) is 4.89. The molecule has 1 aromatic carbocycles. The molecule has 1 aliphatic heterocycles. The van der Waals surface area contributed by atoms with Crippen molar-refractivity contribution in [2.24, 2.45) is 0 Å². The molecule has 19 heavy (non-hydrogen) atoms. The SMILES string of the molecule is COc1ccc(NCC2(O)CCNCC2)c(OC)c1. The predicted molar refractivity (Wildman–Crippen MR) is 75.1 cm³/mol. The molecule has 0 radical (unpaired) electrons. The first-order valence-corrected chi connectivity index (χ1v) is 6.56. The smallest absolute Gasteiger partial charge is 0.145 e. The lowest BCUT2D eigenvalue weighted by Crippen LogP contribution is -2.46. The topological polar surface area (TPSA) is 62.8 Å². The molecular formula is C14H22N2O3. The number of piperidine rings is 1. The van der Waals surface area contributed by atoms with Gasteiger partial charge in [-0.1, -0.05) is 0 Å². The highest BCUT2D eigenvalue weighted by molar-refractivity contribution is 5.59. The molecule has 0 amide bonds. The lowest BCUT2D eigenvalue weighted by atomic mass is 9.92. The van der Waals surface area contributed by atoms with Crippen LogP contribution in [0.2, 0.25) is 0 Å². The van der Waals surface area contributed by atoms with Gasteiger partial charge < -0.3 is 25.2 Å². The van der Waals surface area contributed by atoms with Gasteiger partial charge in [0.15, 0.2) is 0 Å². The van der Waals surface area contributed by atoms with Crippen molar-refractivity contribution in [2.45, 2.75) is 18.4 Å². The number of rotatable bonds is 5. The Bertz CT molecular complexity index is 417. The number of ether oxygens (including phenoxy) is 2. The Morgan fingerprint density at radius 3 is 2.63 bits per heavy atom. The summed E-state index contributed by atoms with van der Waals surface area (Å²) in [5.74, 6) is 1.47. The number of hydrogen-bond donors (Lipinski definition) is 3. The van der Waals surface area contributed by atoms with Crippen LogP contribution in [0.15, 0.2) is 18.2 Å². The van der Waals surface area contributed by atoms with Crippen molar-refractivity contribution >= 4 is 5.69 Å². The molecule has 2 rings (SSSR count). The summed E-state index contributed by atoms with van der Waals surface area (Å²) in [5, 5.41) is 16.9. The second-order valence-corrected chi connectivity index (χ2v) is 4.89. The van der Waals surface area contributed by atoms with Gasteiger partial charge in [0.05, 0.1) is 25.5 Å². The minimum Gasteiger partial charge on any atom is -0.497 e. The largest absolute Gasteiger partial charge is 0.497 e. The average Bonchev–Trinajstić information content (AvgIpc) is 2.45. The number of aliphatic hydroxyl groups is 1. The van der Waals surface area contributed by atoms with Gasteiger partial charge in [0.25, 0.3) is 0 Å². The summed E-state index contributed by atoms with van der Waals surface area (Å²) in [6.45, 7) is 2.24. The third-order valence-corrected chi connectivity index (χ3v) is 3.55.